The van der Waals surface area contributed by atoms with Crippen LogP contribution in [0.4, 0.5) is 0 Å². The summed E-state index contributed by atoms with van der Waals surface area (Å²) in [5.74, 6) is 0. The van der Waals surface area contributed by atoms with Gasteiger partial charge >= 0.3 is 0 Å². The standard InChI is InChI=1S/C38H26ClN/c1-38(34-13-7-5-11-30(34)31-12-6-8-14-35(31)38)27-18-22-37-33(24-27)32-23-26(25-15-19-28(39)20-16-25)17-21-36(32)40(37)29-9-3-2-4-10-29/h2-24H,1H3. The van der Waals surface area contributed by atoms with Crippen molar-refractivity contribution in [3.8, 4) is 27.9 Å². The first-order chi connectivity index (χ1) is 19.6. The van der Waals surface area contributed by atoms with Crippen molar-refractivity contribution in [2.24, 2.45) is 0 Å². The van der Waals surface area contributed by atoms with E-state index in [-0.39, 0.29) is 5.41 Å². The molecule has 1 aliphatic carbocycles. The highest BCUT2D eigenvalue weighted by Crippen LogP contribution is 2.52. The Morgan fingerprint density at radius 1 is 0.525 bits per heavy atom. The number of rotatable bonds is 3. The summed E-state index contributed by atoms with van der Waals surface area (Å²) >= 11 is 6.20. The van der Waals surface area contributed by atoms with E-state index in [0.29, 0.717) is 0 Å². The second kappa shape index (κ2) is 8.71. The van der Waals surface area contributed by atoms with Crippen molar-refractivity contribution in [1.82, 2.24) is 4.57 Å². The molecule has 0 radical (unpaired) electrons. The van der Waals surface area contributed by atoms with Crippen LogP contribution in [0.2, 0.25) is 5.02 Å². The second-order valence-corrected chi connectivity index (χ2v) is 11.3. The molecule has 0 N–H and O–H groups in total. The maximum Gasteiger partial charge on any atom is 0.0541 e. The summed E-state index contributed by atoms with van der Waals surface area (Å²) in [7, 11) is 0. The number of nitrogens with zero attached hydrogens (tertiary/aromatic N) is 1. The molecule has 0 saturated heterocycles. The molecule has 0 saturated carbocycles. The van der Waals surface area contributed by atoms with Gasteiger partial charge in [0.1, 0.15) is 0 Å². The maximum absolute atomic E-state index is 6.20. The largest absolute Gasteiger partial charge is 0.309 e. The zero-order valence-electron chi connectivity index (χ0n) is 22.1. The molecular weight excluding hydrogens is 506 g/mol. The van der Waals surface area contributed by atoms with E-state index in [0.717, 1.165) is 16.3 Å². The Morgan fingerprint density at radius 3 is 1.75 bits per heavy atom. The number of hydrogen-bond donors (Lipinski definition) is 0. The van der Waals surface area contributed by atoms with E-state index in [1.54, 1.807) is 0 Å². The van der Waals surface area contributed by atoms with Gasteiger partial charge in [0.2, 0.25) is 0 Å². The molecule has 7 aromatic rings. The van der Waals surface area contributed by atoms with Crippen LogP contribution in [0.5, 0.6) is 0 Å². The number of benzene rings is 6. The van der Waals surface area contributed by atoms with Crippen molar-refractivity contribution >= 4 is 33.4 Å². The minimum atomic E-state index is -0.240. The van der Waals surface area contributed by atoms with Crippen LogP contribution in [0.1, 0.15) is 23.6 Å². The summed E-state index contributed by atoms with van der Waals surface area (Å²) in [6.07, 6.45) is 0. The first-order valence-electron chi connectivity index (χ1n) is 13.7. The van der Waals surface area contributed by atoms with Crippen molar-refractivity contribution < 1.29 is 0 Å². The van der Waals surface area contributed by atoms with Gasteiger partial charge in [-0.05, 0) is 94.4 Å². The molecule has 1 aliphatic rings. The van der Waals surface area contributed by atoms with Crippen LogP contribution in [0.25, 0.3) is 49.7 Å². The molecule has 0 fully saturated rings. The molecule has 1 heterocycles. The summed E-state index contributed by atoms with van der Waals surface area (Å²) in [6.45, 7) is 2.38. The highest BCUT2D eigenvalue weighted by Gasteiger charge is 2.40. The Balaban J connectivity index is 1.43. The average Bonchev–Trinajstić information content (AvgIpc) is 3.48. The number of hydrogen-bond acceptors (Lipinski definition) is 0. The third-order valence-electron chi connectivity index (χ3n) is 8.76. The van der Waals surface area contributed by atoms with Gasteiger partial charge in [-0.3, -0.25) is 0 Å². The molecule has 1 aromatic heterocycles. The van der Waals surface area contributed by atoms with Gasteiger partial charge in [-0.1, -0.05) is 103 Å². The fourth-order valence-corrected chi connectivity index (χ4v) is 6.90. The summed E-state index contributed by atoms with van der Waals surface area (Å²) in [4.78, 5) is 0. The number of para-hydroxylation sites is 1. The van der Waals surface area contributed by atoms with E-state index >= 15 is 0 Å². The van der Waals surface area contributed by atoms with Crippen LogP contribution in [0, 0.1) is 0 Å². The maximum atomic E-state index is 6.20. The van der Waals surface area contributed by atoms with Gasteiger partial charge in [-0.25, -0.2) is 0 Å². The quantitative estimate of drug-likeness (QED) is 0.214. The Labute approximate surface area is 238 Å². The van der Waals surface area contributed by atoms with E-state index in [1.807, 2.05) is 12.1 Å². The fraction of sp³-hybridized carbons (Fsp3) is 0.0526. The van der Waals surface area contributed by atoms with E-state index in [4.69, 9.17) is 11.6 Å². The molecule has 40 heavy (non-hydrogen) atoms. The number of aromatic nitrogens is 1. The molecule has 0 bridgehead atoms. The van der Waals surface area contributed by atoms with Crippen molar-refractivity contribution in [2.45, 2.75) is 12.3 Å². The van der Waals surface area contributed by atoms with E-state index in [1.165, 1.54) is 55.2 Å². The molecule has 1 nitrogen and oxygen atoms in total. The normalized spacial score (nSPS) is 13.4. The van der Waals surface area contributed by atoms with Gasteiger partial charge in [0, 0.05) is 26.9 Å². The third kappa shape index (κ3) is 3.28. The Bertz CT molecular complexity index is 2020. The van der Waals surface area contributed by atoms with Crippen LogP contribution in [-0.4, -0.2) is 4.57 Å². The first kappa shape index (κ1) is 23.3. The SMILES string of the molecule is CC1(c2ccc3c(c2)c2cc(-c4ccc(Cl)cc4)ccc2n3-c2ccccc2)c2ccccc2-c2ccccc21. The Kier molecular flexibility index (Phi) is 5.08. The van der Waals surface area contributed by atoms with Gasteiger partial charge in [0.15, 0.2) is 0 Å². The van der Waals surface area contributed by atoms with Crippen LogP contribution in [0.3, 0.4) is 0 Å². The molecular formula is C38H26ClN. The minimum absolute atomic E-state index is 0.240. The monoisotopic (exact) mass is 531 g/mol. The Hall–Kier alpha value is -4.59. The number of fused-ring (bicyclic) bond motifs is 6. The number of halogens is 1. The lowest BCUT2D eigenvalue weighted by atomic mass is 9.74. The van der Waals surface area contributed by atoms with Crippen LogP contribution in [0.15, 0.2) is 140 Å². The van der Waals surface area contributed by atoms with E-state index in [9.17, 15) is 0 Å². The lowest BCUT2D eigenvalue weighted by Gasteiger charge is -2.28. The summed E-state index contributed by atoms with van der Waals surface area (Å²) in [5, 5.41) is 3.26. The van der Waals surface area contributed by atoms with Crippen LogP contribution in [-0.2, 0) is 5.41 Å². The third-order valence-corrected chi connectivity index (χ3v) is 9.01. The van der Waals surface area contributed by atoms with Gasteiger partial charge in [-0.2, -0.15) is 0 Å². The topological polar surface area (TPSA) is 4.93 Å². The fourth-order valence-electron chi connectivity index (χ4n) is 6.78. The highest BCUT2D eigenvalue weighted by atomic mass is 35.5. The summed E-state index contributed by atoms with van der Waals surface area (Å²) in [6, 6.07) is 50.4. The van der Waals surface area contributed by atoms with Crippen molar-refractivity contribution in [3.63, 3.8) is 0 Å². The molecule has 0 aliphatic heterocycles. The summed E-state index contributed by atoms with van der Waals surface area (Å²) < 4.78 is 2.39. The van der Waals surface area contributed by atoms with Crippen molar-refractivity contribution in [2.75, 3.05) is 0 Å². The first-order valence-corrected chi connectivity index (χ1v) is 14.1. The van der Waals surface area contributed by atoms with Crippen molar-refractivity contribution in [1.29, 1.82) is 0 Å². The molecule has 6 aromatic carbocycles. The molecule has 0 atom stereocenters. The molecule has 0 spiro atoms. The minimum Gasteiger partial charge on any atom is -0.309 e. The van der Waals surface area contributed by atoms with Gasteiger partial charge in [-0.15, -0.1) is 0 Å². The zero-order valence-corrected chi connectivity index (χ0v) is 22.9. The van der Waals surface area contributed by atoms with Crippen LogP contribution >= 0.6 is 11.6 Å². The predicted octanol–water partition coefficient (Wildman–Crippen LogP) is 10.4. The zero-order chi connectivity index (χ0) is 26.8. The Morgan fingerprint density at radius 2 is 1.07 bits per heavy atom. The molecule has 190 valence electrons. The molecule has 0 amide bonds. The predicted molar refractivity (Wildman–Crippen MR) is 169 cm³/mol. The lowest BCUT2D eigenvalue weighted by molar-refractivity contribution is 0.715. The molecule has 0 unspecified atom stereocenters. The second-order valence-electron chi connectivity index (χ2n) is 10.9. The average molecular weight is 532 g/mol. The van der Waals surface area contributed by atoms with Gasteiger partial charge in [0.25, 0.3) is 0 Å². The summed E-state index contributed by atoms with van der Waals surface area (Å²) in [5.41, 5.74) is 12.4. The van der Waals surface area contributed by atoms with E-state index < -0.39 is 0 Å². The molecule has 8 rings (SSSR count). The van der Waals surface area contributed by atoms with Gasteiger partial charge < -0.3 is 4.57 Å². The smallest absolute Gasteiger partial charge is 0.0541 e. The van der Waals surface area contributed by atoms with Crippen LogP contribution < -0.4 is 0 Å². The molecule has 2 heteroatoms. The lowest BCUT2D eigenvalue weighted by Crippen LogP contribution is -2.22. The van der Waals surface area contributed by atoms with E-state index in [2.05, 4.69) is 139 Å². The van der Waals surface area contributed by atoms with Gasteiger partial charge in [0.05, 0.1) is 11.0 Å². The van der Waals surface area contributed by atoms with Crippen molar-refractivity contribution in [3.05, 3.63) is 161 Å². The highest BCUT2D eigenvalue weighted by molar-refractivity contribution is 6.30.